The highest BCUT2D eigenvalue weighted by molar-refractivity contribution is 6.32. The lowest BCUT2D eigenvalue weighted by Gasteiger charge is -2.07. The van der Waals surface area contributed by atoms with Gasteiger partial charge in [0.05, 0.1) is 5.56 Å². The van der Waals surface area contributed by atoms with Crippen molar-refractivity contribution in [3.8, 4) is 0 Å². The first-order valence-corrected chi connectivity index (χ1v) is 6.33. The SMILES string of the molecule is FC(F)(F)c1ccc(Cc2nnc3c(Cl)nccn23)cc1. The molecule has 2 heterocycles. The van der Waals surface area contributed by atoms with Gasteiger partial charge < -0.3 is 0 Å². The minimum absolute atomic E-state index is 0.226. The largest absolute Gasteiger partial charge is 0.416 e. The van der Waals surface area contributed by atoms with E-state index in [9.17, 15) is 13.2 Å². The molecular formula is C13H8ClF3N4. The van der Waals surface area contributed by atoms with Gasteiger partial charge in [-0.2, -0.15) is 13.2 Å². The molecule has 2 aromatic heterocycles. The van der Waals surface area contributed by atoms with Crippen molar-refractivity contribution in [1.29, 1.82) is 0 Å². The molecule has 0 N–H and O–H groups in total. The lowest BCUT2D eigenvalue weighted by molar-refractivity contribution is -0.137. The fourth-order valence-electron chi connectivity index (χ4n) is 1.96. The molecule has 0 bridgehead atoms. The number of nitrogens with zero attached hydrogens (tertiary/aromatic N) is 4. The summed E-state index contributed by atoms with van der Waals surface area (Å²) in [6.07, 6.45) is -0.825. The zero-order chi connectivity index (χ0) is 15.0. The number of aromatic nitrogens is 4. The van der Waals surface area contributed by atoms with Gasteiger partial charge in [-0.1, -0.05) is 23.7 Å². The van der Waals surface area contributed by atoms with Crippen molar-refractivity contribution in [3.05, 3.63) is 58.8 Å². The van der Waals surface area contributed by atoms with Gasteiger partial charge in [-0.25, -0.2) is 4.98 Å². The Labute approximate surface area is 122 Å². The first-order chi connectivity index (χ1) is 9.95. The third kappa shape index (κ3) is 2.69. The summed E-state index contributed by atoms with van der Waals surface area (Å²) in [7, 11) is 0. The first kappa shape index (κ1) is 13.8. The van der Waals surface area contributed by atoms with E-state index in [1.807, 2.05) is 0 Å². The Balaban J connectivity index is 1.90. The van der Waals surface area contributed by atoms with Crippen LogP contribution in [0.5, 0.6) is 0 Å². The van der Waals surface area contributed by atoms with Gasteiger partial charge in [-0.15, -0.1) is 10.2 Å². The first-order valence-electron chi connectivity index (χ1n) is 5.95. The molecule has 0 atom stereocenters. The minimum atomic E-state index is -4.33. The number of hydrogen-bond donors (Lipinski definition) is 0. The maximum absolute atomic E-state index is 12.5. The highest BCUT2D eigenvalue weighted by atomic mass is 35.5. The van der Waals surface area contributed by atoms with Crippen LogP contribution in [0.2, 0.25) is 5.15 Å². The van der Waals surface area contributed by atoms with E-state index >= 15 is 0 Å². The van der Waals surface area contributed by atoms with Gasteiger partial charge >= 0.3 is 6.18 Å². The molecule has 1 aromatic carbocycles. The van der Waals surface area contributed by atoms with Crippen LogP contribution in [0.15, 0.2) is 36.7 Å². The van der Waals surface area contributed by atoms with Gasteiger partial charge in [0, 0.05) is 18.8 Å². The molecule has 3 aromatic rings. The molecule has 0 saturated carbocycles. The maximum atomic E-state index is 12.5. The quantitative estimate of drug-likeness (QED) is 0.728. The van der Waals surface area contributed by atoms with Crippen LogP contribution in [0, 0.1) is 0 Å². The number of halogens is 4. The van der Waals surface area contributed by atoms with Crippen molar-refractivity contribution in [3.63, 3.8) is 0 Å². The van der Waals surface area contributed by atoms with Gasteiger partial charge in [0.1, 0.15) is 5.82 Å². The van der Waals surface area contributed by atoms with Crippen molar-refractivity contribution in [2.75, 3.05) is 0 Å². The molecule has 0 amide bonds. The Bertz CT molecular complexity index is 780. The fourth-order valence-corrected chi connectivity index (χ4v) is 2.14. The number of hydrogen-bond acceptors (Lipinski definition) is 3. The average molecular weight is 313 g/mol. The van der Waals surface area contributed by atoms with E-state index in [4.69, 9.17) is 11.6 Å². The van der Waals surface area contributed by atoms with E-state index in [2.05, 4.69) is 15.2 Å². The zero-order valence-corrected chi connectivity index (χ0v) is 11.2. The molecule has 0 fully saturated rings. The summed E-state index contributed by atoms with van der Waals surface area (Å²) in [5.74, 6) is 0.578. The second-order valence-electron chi connectivity index (χ2n) is 4.40. The predicted octanol–water partition coefficient (Wildman–Crippen LogP) is 3.39. The van der Waals surface area contributed by atoms with E-state index in [0.29, 0.717) is 23.5 Å². The van der Waals surface area contributed by atoms with Crippen LogP contribution in [-0.4, -0.2) is 19.6 Å². The molecule has 21 heavy (non-hydrogen) atoms. The van der Waals surface area contributed by atoms with E-state index in [-0.39, 0.29) is 5.15 Å². The Morgan fingerprint density at radius 2 is 1.81 bits per heavy atom. The lowest BCUT2D eigenvalue weighted by atomic mass is 10.1. The van der Waals surface area contributed by atoms with Gasteiger partial charge in [-0.05, 0) is 17.7 Å². The van der Waals surface area contributed by atoms with Gasteiger partial charge in [0.25, 0.3) is 0 Å². The normalized spacial score (nSPS) is 12.0. The van der Waals surface area contributed by atoms with Gasteiger partial charge in [-0.3, -0.25) is 4.40 Å². The standard InChI is InChI=1S/C13H8ClF3N4/c14-11-12-20-19-10(21(12)6-5-18-11)7-8-1-3-9(4-2-8)13(15,16)17/h1-6H,7H2. The van der Waals surface area contributed by atoms with E-state index in [1.54, 1.807) is 10.6 Å². The second kappa shape index (κ2) is 5.00. The highest BCUT2D eigenvalue weighted by Crippen LogP contribution is 2.29. The minimum Gasteiger partial charge on any atom is -0.282 e. The molecule has 108 valence electrons. The molecule has 3 rings (SSSR count). The molecule has 0 radical (unpaired) electrons. The van der Waals surface area contributed by atoms with Crippen molar-refractivity contribution < 1.29 is 13.2 Å². The summed E-state index contributed by atoms with van der Waals surface area (Å²) in [6.45, 7) is 0. The van der Waals surface area contributed by atoms with Crippen LogP contribution in [0.3, 0.4) is 0 Å². The van der Waals surface area contributed by atoms with E-state index in [1.165, 1.54) is 18.3 Å². The molecule has 0 aliphatic heterocycles. The number of rotatable bonds is 2. The average Bonchev–Trinajstić information content (AvgIpc) is 2.83. The molecule has 0 spiro atoms. The highest BCUT2D eigenvalue weighted by Gasteiger charge is 2.29. The third-order valence-corrected chi connectivity index (χ3v) is 3.26. The van der Waals surface area contributed by atoms with Crippen LogP contribution in [-0.2, 0) is 12.6 Å². The van der Waals surface area contributed by atoms with Crippen molar-refractivity contribution in [2.24, 2.45) is 0 Å². The molecule has 8 heteroatoms. The molecule has 0 aliphatic rings. The van der Waals surface area contributed by atoms with Crippen LogP contribution in [0.1, 0.15) is 17.0 Å². The predicted molar refractivity (Wildman–Crippen MR) is 70.0 cm³/mol. The Hall–Kier alpha value is -2.15. The van der Waals surface area contributed by atoms with Gasteiger partial charge in [0.15, 0.2) is 10.8 Å². The van der Waals surface area contributed by atoms with Crippen LogP contribution < -0.4 is 0 Å². The summed E-state index contributed by atoms with van der Waals surface area (Å²) in [6, 6.07) is 4.94. The lowest BCUT2D eigenvalue weighted by Crippen LogP contribution is -2.05. The number of fused-ring (bicyclic) bond motifs is 1. The smallest absolute Gasteiger partial charge is 0.282 e. The number of alkyl halides is 3. The fraction of sp³-hybridized carbons (Fsp3) is 0.154. The van der Waals surface area contributed by atoms with Gasteiger partial charge in [0.2, 0.25) is 0 Å². The second-order valence-corrected chi connectivity index (χ2v) is 4.76. The van der Waals surface area contributed by atoms with Crippen LogP contribution in [0.25, 0.3) is 5.65 Å². The summed E-state index contributed by atoms with van der Waals surface area (Å²) in [4.78, 5) is 3.88. The molecule has 4 nitrogen and oxygen atoms in total. The zero-order valence-electron chi connectivity index (χ0n) is 10.5. The Morgan fingerprint density at radius 1 is 1.10 bits per heavy atom. The van der Waals surface area contributed by atoms with E-state index < -0.39 is 11.7 Å². The summed E-state index contributed by atoms with van der Waals surface area (Å²) >= 11 is 5.88. The maximum Gasteiger partial charge on any atom is 0.416 e. The van der Waals surface area contributed by atoms with Crippen molar-refractivity contribution in [2.45, 2.75) is 12.6 Å². The van der Waals surface area contributed by atoms with E-state index in [0.717, 1.165) is 12.1 Å². The Kier molecular flexibility index (Phi) is 3.29. The monoisotopic (exact) mass is 312 g/mol. The van der Waals surface area contributed by atoms with Crippen LogP contribution >= 0.6 is 11.6 Å². The summed E-state index contributed by atoms with van der Waals surface area (Å²) < 4.78 is 39.2. The number of benzene rings is 1. The third-order valence-electron chi connectivity index (χ3n) is 3.00. The van der Waals surface area contributed by atoms with Crippen molar-refractivity contribution in [1.82, 2.24) is 19.6 Å². The van der Waals surface area contributed by atoms with Crippen molar-refractivity contribution >= 4 is 17.2 Å². The summed E-state index contributed by atoms with van der Waals surface area (Å²) in [5.41, 5.74) is 0.441. The molecular weight excluding hydrogens is 305 g/mol. The van der Waals surface area contributed by atoms with Crippen LogP contribution in [0.4, 0.5) is 13.2 Å². The topological polar surface area (TPSA) is 43.1 Å². The molecule has 0 aliphatic carbocycles. The molecule has 0 saturated heterocycles. The Morgan fingerprint density at radius 3 is 2.48 bits per heavy atom. The summed E-state index contributed by atoms with van der Waals surface area (Å²) in [5, 5.41) is 8.12. The molecule has 0 unspecified atom stereocenters.